The lowest BCUT2D eigenvalue weighted by molar-refractivity contribution is 0.462. The fourth-order valence-corrected chi connectivity index (χ4v) is 3.44. The Hall–Kier alpha value is -0.680. The van der Waals surface area contributed by atoms with Gasteiger partial charge in [0.05, 0.1) is 19.8 Å². The lowest BCUT2D eigenvalue weighted by atomic mass is 10.1. The third-order valence-corrected chi connectivity index (χ3v) is 4.91. The first-order chi connectivity index (χ1) is 9.47. The zero-order chi connectivity index (χ0) is 14.9. The van der Waals surface area contributed by atoms with Gasteiger partial charge in [0.25, 0.3) is 0 Å². The van der Waals surface area contributed by atoms with Crippen LogP contribution < -0.4 is 0 Å². The number of phenols is 2. The second-order valence-corrected chi connectivity index (χ2v) is 6.53. The van der Waals surface area contributed by atoms with Gasteiger partial charge in [-0.25, -0.2) is 0 Å². The van der Waals surface area contributed by atoms with Crippen molar-refractivity contribution in [1.82, 2.24) is 0 Å². The SMILES string of the molecule is CSc1cc(-c2cc(Cl)c(O)c(SC)c2)cc(Cl)c1O. The van der Waals surface area contributed by atoms with Crippen molar-refractivity contribution in [3.8, 4) is 22.6 Å². The van der Waals surface area contributed by atoms with Gasteiger partial charge in [0.15, 0.2) is 0 Å². The van der Waals surface area contributed by atoms with Crippen molar-refractivity contribution in [2.45, 2.75) is 9.79 Å². The average Bonchev–Trinajstić information content (AvgIpc) is 2.44. The number of benzene rings is 2. The van der Waals surface area contributed by atoms with Gasteiger partial charge in [0.2, 0.25) is 0 Å². The minimum atomic E-state index is 0.0814. The van der Waals surface area contributed by atoms with Gasteiger partial charge in [-0.3, -0.25) is 0 Å². The maximum atomic E-state index is 9.85. The van der Waals surface area contributed by atoms with Crippen molar-refractivity contribution in [3.05, 3.63) is 34.3 Å². The summed E-state index contributed by atoms with van der Waals surface area (Å²) >= 11 is 14.9. The molecule has 2 aromatic carbocycles. The van der Waals surface area contributed by atoms with E-state index in [1.165, 1.54) is 23.5 Å². The molecule has 20 heavy (non-hydrogen) atoms. The number of halogens is 2. The number of phenolic OH excluding ortho intramolecular Hbond substituents is 2. The highest BCUT2D eigenvalue weighted by atomic mass is 35.5. The molecule has 2 aromatic rings. The molecule has 0 amide bonds. The number of hydrogen-bond donors (Lipinski definition) is 2. The molecule has 106 valence electrons. The van der Waals surface area contributed by atoms with Crippen molar-refractivity contribution in [3.63, 3.8) is 0 Å². The van der Waals surface area contributed by atoms with Crippen LogP contribution in [0.2, 0.25) is 10.0 Å². The first-order valence-corrected chi connectivity index (χ1v) is 8.81. The van der Waals surface area contributed by atoms with Crippen LogP contribution >= 0.6 is 46.7 Å². The van der Waals surface area contributed by atoms with E-state index in [4.69, 9.17) is 23.2 Å². The molecule has 2 rings (SSSR count). The number of aromatic hydroxyl groups is 2. The quantitative estimate of drug-likeness (QED) is 0.718. The van der Waals surface area contributed by atoms with Crippen LogP contribution in [-0.4, -0.2) is 22.7 Å². The molecular formula is C14H12Cl2O2S2. The van der Waals surface area contributed by atoms with Crippen molar-refractivity contribution >= 4 is 46.7 Å². The minimum absolute atomic E-state index is 0.0814. The van der Waals surface area contributed by atoms with Crippen LogP contribution in [0.25, 0.3) is 11.1 Å². The fourth-order valence-electron chi connectivity index (χ4n) is 1.79. The first-order valence-electron chi connectivity index (χ1n) is 5.61. The van der Waals surface area contributed by atoms with Crippen LogP contribution in [0.3, 0.4) is 0 Å². The molecule has 0 fully saturated rings. The second-order valence-electron chi connectivity index (χ2n) is 4.02. The van der Waals surface area contributed by atoms with Crippen LogP contribution in [0.5, 0.6) is 11.5 Å². The summed E-state index contributed by atoms with van der Waals surface area (Å²) in [5.41, 5.74) is 1.68. The second kappa shape index (κ2) is 6.39. The minimum Gasteiger partial charge on any atom is -0.505 e. The molecular weight excluding hydrogens is 335 g/mol. The summed E-state index contributed by atoms with van der Waals surface area (Å²) in [6.07, 6.45) is 3.73. The van der Waals surface area contributed by atoms with E-state index in [0.717, 1.165) is 11.1 Å². The van der Waals surface area contributed by atoms with Crippen molar-refractivity contribution in [2.24, 2.45) is 0 Å². The lowest BCUT2D eigenvalue weighted by Gasteiger charge is -2.11. The Labute approximate surface area is 136 Å². The Morgan fingerprint density at radius 1 is 0.750 bits per heavy atom. The maximum absolute atomic E-state index is 9.85. The van der Waals surface area contributed by atoms with E-state index < -0.39 is 0 Å². The van der Waals surface area contributed by atoms with E-state index in [2.05, 4.69) is 0 Å². The largest absolute Gasteiger partial charge is 0.505 e. The number of hydrogen-bond acceptors (Lipinski definition) is 4. The van der Waals surface area contributed by atoms with Gasteiger partial charge in [-0.1, -0.05) is 23.2 Å². The molecule has 0 saturated carbocycles. The highest BCUT2D eigenvalue weighted by molar-refractivity contribution is 7.99. The Balaban J connectivity index is 2.62. The van der Waals surface area contributed by atoms with E-state index in [9.17, 15) is 10.2 Å². The Morgan fingerprint density at radius 2 is 1.10 bits per heavy atom. The average molecular weight is 347 g/mol. The molecule has 2 nitrogen and oxygen atoms in total. The van der Waals surface area contributed by atoms with Crippen LogP contribution in [0.15, 0.2) is 34.1 Å². The van der Waals surface area contributed by atoms with Crippen molar-refractivity contribution < 1.29 is 10.2 Å². The van der Waals surface area contributed by atoms with Gasteiger partial charge in [-0.15, -0.1) is 23.5 Å². The summed E-state index contributed by atoms with van der Waals surface area (Å²) in [5.74, 6) is 0.163. The molecule has 0 atom stereocenters. The van der Waals surface area contributed by atoms with E-state index >= 15 is 0 Å². The van der Waals surface area contributed by atoms with Crippen LogP contribution in [-0.2, 0) is 0 Å². The fraction of sp³-hybridized carbons (Fsp3) is 0.143. The molecule has 0 aromatic heterocycles. The van der Waals surface area contributed by atoms with Crippen molar-refractivity contribution in [1.29, 1.82) is 0 Å². The Bertz CT molecular complexity index is 603. The van der Waals surface area contributed by atoms with Crippen LogP contribution in [0, 0.1) is 0 Å². The van der Waals surface area contributed by atoms with Gasteiger partial charge < -0.3 is 10.2 Å². The maximum Gasteiger partial charge on any atom is 0.147 e. The molecule has 0 aliphatic rings. The highest BCUT2D eigenvalue weighted by Gasteiger charge is 2.13. The summed E-state index contributed by atoms with van der Waals surface area (Å²) in [5, 5.41) is 20.3. The van der Waals surface area contributed by atoms with E-state index in [1.807, 2.05) is 24.6 Å². The van der Waals surface area contributed by atoms with E-state index in [0.29, 0.717) is 19.8 Å². The van der Waals surface area contributed by atoms with E-state index in [-0.39, 0.29) is 11.5 Å². The number of thioether (sulfide) groups is 2. The Morgan fingerprint density at radius 3 is 1.40 bits per heavy atom. The van der Waals surface area contributed by atoms with Crippen LogP contribution in [0.4, 0.5) is 0 Å². The van der Waals surface area contributed by atoms with Gasteiger partial charge in [-0.05, 0) is 47.9 Å². The third-order valence-electron chi connectivity index (χ3n) is 2.83. The Kier molecular flexibility index (Phi) is 5.02. The summed E-state index contributed by atoms with van der Waals surface area (Å²) in [4.78, 5) is 1.39. The molecule has 0 unspecified atom stereocenters. The third kappa shape index (κ3) is 2.98. The summed E-state index contributed by atoms with van der Waals surface area (Å²) in [6, 6.07) is 7.06. The first kappa shape index (κ1) is 15.7. The molecule has 0 bridgehead atoms. The topological polar surface area (TPSA) is 40.5 Å². The molecule has 2 N–H and O–H groups in total. The summed E-state index contributed by atoms with van der Waals surface area (Å²) in [6.45, 7) is 0. The van der Waals surface area contributed by atoms with Crippen LogP contribution in [0.1, 0.15) is 0 Å². The molecule has 0 radical (unpaired) electrons. The predicted octanol–water partition coefficient (Wildman–Crippen LogP) is 5.52. The predicted molar refractivity (Wildman–Crippen MR) is 88.8 cm³/mol. The standard InChI is InChI=1S/C14H12Cl2O2S2/c1-19-11-5-7(3-9(15)13(11)17)8-4-10(16)14(18)12(6-8)20-2/h3-6,17-18H,1-2H3. The van der Waals surface area contributed by atoms with E-state index in [1.54, 1.807) is 12.1 Å². The molecule has 0 aliphatic heterocycles. The summed E-state index contributed by atoms with van der Waals surface area (Å²) < 4.78 is 0. The van der Waals surface area contributed by atoms with Gasteiger partial charge in [-0.2, -0.15) is 0 Å². The smallest absolute Gasteiger partial charge is 0.147 e. The molecule has 0 aliphatic carbocycles. The normalized spacial score (nSPS) is 10.8. The van der Waals surface area contributed by atoms with Gasteiger partial charge >= 0.3 is 0 Å². The highest BCUT2D eigenvalue weighted by Crippen LogP contribution is 2.42. The molecule has 6 heteroatoms. The molecule has 0 spiro atoms. The monoisotopic (exact) mass is 346 g/mol. The molecule has 0 saturated heterocycles. The van der Waals surface area contributed by atoms with Gasteiger partial charge in [0.1, 0.15) is 11.5 Å². The van der Waals surface area contributed by atoms with Gasteiger partial charge in [0, 0.05) is 0 Å². The van der Waals surface area contributed by atoms with Crippen molar-refractivity contribution in [2.75, 3.05) is 12.5 Å². The zero-order valence-corrected chi connectivity index (χ0v) is 13.9. The zero-order valence-electron chi connectivity index (χ0n) is 10.8. The summed E-state index contributed by atoms with van der Waals surface area (Å²) in [7, 11) is 0. The number of rotatable bonds is 3. The molecule has 0 heterocycles. The lowest BCUT2D eigenvalue weighted by Crippen LogP contribution is -1.84.